The normalized spacial score (nSPS) is 21.3. The van der Waals surface area contributed by atoms with E-state index in [9.17, 15) is 4.79 Å². The molecule has 2 saturated heterocycles. The number of carbonyl (C=O) groups excluding carboxylic acids is 1. The number of amides is 1. The zero-order chi connectivity index (χ0) is 20.4. The van der Waals surface area contributed by atoms with E-state index >= 15 is 0 Å². The minimum absolute atomic E-state index is 0.122. The minimum Gasteiger partial charge on any atom is -0.378 e. The second kappa shape index (κ2) is 8.05. The first-order valence-corrected chi connectivity index (χ1v) is 10.6. The van der Waals surface area contributed by atoms with E-state index < -0.39 is 5.54 Å². The third-order valence-electron chi connectivity index (χ3n) is 6.23. The molecule has 2 aliphatic rings. The Morgan fingerprint density at radius 3 is 1.60 bits per heavy atom. The van der Waals surface area contributed by atoms with E-state index in [2.05, 4.69) is 77.7 Å². The van der Waals surface area contributed by atoms with Gasteiger partial charge in [-0.05, 0) is 16.7 Å². The van der Waals surface area contributed by atoms with E-state index in [1.165, 1.54) is 16.7 Å². The van der Waals surface area contributed by atoms with Gasteiger partial charge in [0.1, 0.15) is 6.04 Å². The van der Waals surface area contributed by atoms with Gasteiger partial charge in [0, 0.05) is 19.6 Å². The topological polar surface area (TPSA) is 32.5 Å². The highest BCUT2D eigenvalue weighted by Gasteiger charge is 2.56. The number of carbonyl (C=O) groups is 1. The van der Waals surface area contributed by atoms with Crippen LogP contribution in [0.25, 0.3) is 0 Å². The number of hydrogen-bond donors (Lipinski definition) is 0. The summed E-state index contributed by atoms with van der Waals surface area (Å²) in [7, 11) is 0. The van der Waals surface area contributed by atoms with Crippen molar-refractivity contribution in [1.82, 2.24) is 9.80 Å². The van der Waals surface area contributed by atoms with Gasteiger partial charge in [-0.25, -0.2) is 0 Å². The van der Waals surface area contributed by atoms with E-state index in [1.807, 2.05) is 23.1 Å². The molecule has 5 rings (SSSR count). The van der Waals surface area contributed by atoms with Gasteiger partial charge in [0.15, 0.2) is 0 Å². The van der Waals surface area contributed by atoms with Crippen LogP contribution in [0.15, 0.2) is 91.0 Å². The first-order chi connectivity index (χ1) is 14.8. The summed E-state index contributed by atoms with van der Waals surface area (Å²) in [5.41, 5.74) is 3.04. The van der Waals surface area contributed by atoms with Gasteiger partial charge in [0.25, 0.3) is 0 Å². The van der Waals surface area contributed by atoms with E-state index in [4.69, 9.17) is 4.74 Å². The Morgan fingerprint density at radius 1 is 0.733 bits per heavy atom. The smallest absolute Gasteiger partial charge is 0.241 e. The number of nitrogens with zero attached hydrogens (tertiary/aromatic N) is 2. The molecule has 30 heavy (non-hydrogen) atoms. The number of benzene rings is 3. The predicted octanol–water partition coefficient (Wildman–Crippen LogP) is 3.52. The third-order valence-corrected chi connectivity index (χ3v) is 6.23. The second-order valence-electron chi connectivity index (χ2n) is 7.91. The molecule has 0 N–H and O–H groups in total. The molecule has 4 nitrogen and oxygen atoms in total. The van der Waals surface area contributed by atoms with Gasteiger partial charge in [0.2, 0.25) is 5.91 Å². The van der Waals surface area contributed by atoms with Crippen LogP contribution < -0.4 is 0 Å². The number of hydrogen-bond acceptors (Lipinski definition) is 3. The first-order valence-electron chi connectivity index (χ1n) is 10.6. The molecule has 3 aromatic carbocycles. The highest BCUT2D eigenvalue weighted by Crippen LogP contribution is 2.48. The molecule has 1 unspecified atom stereocenters. The van der Waals surface area contributed by atoms with E-state index in [1.54, 1.807) is 0 Å². The van der Waals surface area contributed by atoms with Crippen molar-refractivity contribution < 1.29 is 9.53 Å². The van der Waals surface area contributed by atoms with E-state index in [0.717, 1.165) is 6.54 Å². The molecule has 2 aliphatic heterocycles. The third kappa shape index (κ3) is 3.22. The summed E-state index contributed by atoms with van der Waals surface area (Å²) in [6.07, 6.45) is 0. The summed E-state index contributed by atoms with van der Waals surface area (Å²) in [5.74, 6) is 0.213. The molecule has 2 heterocycles. The summed E-state index contributed by atoms with van der Waals surface area (Å²) in [5, 5.41) is 0. The fourth-order valence-electron chi connectivity index (χ4n) is 4.75. The number of morpholine rings is 1. The molecule has 3 aromatic rings. The van der Waals surface area contributed by atoms with Crippen LogP contribution in [0.3, 0.4) is 0 Å². The zero-order valence-electron chi connectivity index (χ0n) is 17.0. The summed E-state index contributed by atoms with van der Waals surface area (Å²) in [4.78, 5) is 17.7. The fourth-order valence-corrected chi connectivity index (χ4v) is 4.75. The molecule has 0 saturated carbocycles. The van der Waals surface area contributed by atoms with Crippen molar-refractivity contribution in [2.45, 2.75) is 11.6 Å². The Bertz CT molecular complexity index is 889. The highest BCUT2D eigenvalue weighted by molar-refractivity contribution is 5.85. The van der Waals surface area contributed by atoms with Crippen molar-refractivity contribution in [3.8, 4) is 0 Å². The van der Waals surface area contributed by atoms with Crippen LogP contribution in [0.1, 0.15) is 16.7 Å². The van der Waals surface area contributed by atoms with Crippen molar-refractivity contribution in [3.05, 3.63) is 108 Å². The Hall–Kier alpha value is -2.95. The minimum atomic E-state index is -0.504. The molecule has 0 aromatic heterocycles. The summed E-state index contributed by atoms with van der Waals surface area (Å²) in [6.45, 7) is 3.35. The maximum Gasteiger partial charge on any atom is 0.241 e. The summed E-state index contributed by atoms with van der Waals surface area (Å²) >= 11 is 0. The quantitative estimate of drug-likeness (QED) is 0.487. The zero-order valence-corrected chi connectivity index (χ0v) is 17.0. The monoisotopic (exact) mass is 398 g/mol. The Balaban J connectivity index is 1.63. The molecular formula is C26H26N2O2. The lowest BCUT2D eigenvalue weighted by Crippen LogP contribution is -2.46. The predicted molar refractivity (Wildman–Crippen MR) is 117 cm³/mol. The number of rotatable bonds is 5. The largest absolute Gasteiger partial charge is 0.378 e. The van der Waals surface area contributed by atoms with Crippen molar-refractivity contribution in [2.24, 2.45) is 0 Å². The van der Waals surface area contributed by atoms with Crippen LogP contribution >= 0.6 is 0 Å². The first kappa shape index (κ1) is 19.0. The lowest BCUT2D eigenvalue weighted by Gasteiger charge is -2.38. The van der Waals surface area contributed by atoms with Crippen molar-refractivity contribution in [2.75, 3.05) is 32.8 Å². The molecule has 2 fully saturated rings. The van der Waals surface area contributed by atoms with Gasteiger partial charge < -0.3 is 9.64 Å². The number of ether oxygens (including phenoxy) is 1. The fraction of sp³-hybridized carbons (Fsp3) is 0.269. The SMILES string of the molecule is O=C([C@@H]1CN1C(c1ccccc1)(c1ccccc1)c1ccccc1)N1CCOCC1. The van der Waals surface area contributed by atoms with Gasteiger partial charge in [0.05, 0.1) is 18.8 Å². The molecule has 152 valence electrons. The van der Waals surface area contributed by atoms with Crippen molar-refractivity contribution >= 4 is 5.91 Å². The lowest BCUT2D eigenvalue weighted by molar-refractivity contribution is -0.135. The molecule has 4 heteroatoms. The molecule has 0 spiro atoms. The van der Waals surface area contributed by atoms with Gasteiger partial charge in [-0.1, -0.05) is 91.0 Å². The Labute approximate surface area is 177 Å². The van der Waals surface area contributed by atoms with E-state index in [0.29, 0.717) is 26.3 Å². The molecule has 2 atom stereocenters. The van der Waals surface area contributed by atoms with Crippen LogP contribution in [0.5, 0.6) is 0 Å². The van der Waals surface area contributed by atoms with E-state index in [-0.39, 0.29) is 11.9 Å². The standard InChI is InChI=1S/C26H26N2O2/c29-25(27-16-18-30-19-17-27)24-20-28(24)26(21-10-4-1-5-11-21,22-12-6-2-7-13-22)23-14-8-3-9-15-23/h1-15,24H,16-20H2/t24-,28?/m0/s1. The highest BCUT2D eigenvalue weighted by atomic mass is 16.5. The maximum atomic E-state index is 13.3. The second-order valence-corrected chi connectivity index (χ2v) is 7.91. The van der Waals surface area contributed by atoms with Crippen LogP contribution in [-0.4, -0.2) is 54.6 Å². The van der Waals surface area contributed by atoms with Gasteiger partial charge >= 0.3 is 0 Å². The van der Waals surface area contributed by atoms with Crippen molar-refractivity contribution in [1.29, 1.82) is 0 Å². The Kier molecular flexibility index (Phi) is 5.11. The van der Waals surface area contributed by atoms with Crippen LogP contribution in [0.4, 0.5) is 0 Å². The molecule has 1 amide bonds. The maximum absolute atomic E-state index is 13.3. The Morgan fingerprint density at radius 2 is 1.17 bits per heavy atom. The van der Waals surface area contributed by atoms with Gasteiger partial charge in [-0.2, -0.15) is 0 Å². The van der Waals surface area contributed by atoms with Crippen LogP contribution in [0.2, 0.25) is 0 Å². The molecular weight excluding hydrogens is 372 g/mol. The van der Waals surface area contributed by atoms with Crippen LogP contribution in [0, 0.1) is 0 Å². The summed E-state index contributed by atoms with van der Waals surface area (Å²) < 4.78 is 5.44. The van der Waals surface area contributed by atoms with Crippen molar-refractivity contribution in [3.63, 3.8) is 0 Å². The molecule has 0 radical (unpaired) electrons. The molecule has 0 aliphatic carbocycles. The average Bonchev–Trinajstić information content (AvgIpc) is 3.63. The average molecular weight is 399 g/mol. The van der Waals surface area contributed by atoms with Gasteiger partial charge in [-0.3, -0.25) is 9.69 Å². The molecule has 0 bridgehead atoms. The summed E-state index contributed by atoms with van der Waals surface area (Å²) in [6, 6.07) is 31.6. The van der Waals surface area contributed by atoms with Crippen LogP contribution in [-0.2, 0) is 15.1 Å². The lowest BCUT2D eigenvalue weighted by atomic mass is 9.76. The van der Waals surface area contributed by atoms with Gasteiger partial charge in [-0.15, -0.1) is 0 Å².